The summed E-state index contributed by atoms with van der Waals surface area (Å²) >= 11 is 0. The maximum atomic E-state index is 9.19. The molecule has 2 atom stereocenters. The summed E-state index contributed by atoms with van der Waals surface area (Å²) in [7, 11) is 0. The summed E-state index contributed by atoms with van der Waals surface area (Å²) in [4.78, 5) is 4.27. The highest BCUT2D eigenvalue weighted by atomic mass is 16.5. The minimum atomic E-state index is -0.422. The van der Waals surface area contributed by atoms with Crippen molar-refractivity contribution >= 4 is 0 Å². The first-order valence-corrected chi connectivity index (χ1v) is 5.49. The van der Waals surface area contributed by atoms with E-state index in [1.807, 2.05) is 0 Å². The van der Waals surface area contributed by atoms with Crippen LogP contribution in [0.3, 0.4) is 0 Å². The number of nitrogens with one attached hydrogen (secondary N) is 1. The minimum absolute atomic E-state index is 0.203. The average Bonchev–Trinajstić information content (AvgIpc) is 2.67. The van der Waals surface area contributed by atoms with E-state index in [1.165, 1.54) is 12.8 Å². The second kappa shape index (κ2) is 4.72. The Morgan fingerprint density at radius 1 is 1.60 bits per heavy atom. The zero-order valence-corrected chi connectivity index (χ0v) is 8.94. The summed E-state index contributed by atoms with van der Waals surface area (Å²) < 4.78 is 5.17. The van der Waals surface area contributed by atoms with Crippen LogP contribution in [0.2, 0.25) is 0 Å². The monoisotopic (exact) mass is 211 g/mol. The molecule has 1 aromatic rings. The number of aliphatic hydroxyl groups excluding tert-OH is 1. The van der Waals surface area contributed by atoms with E-state index in [4.69, 9.17) is 4.52 Å². The molecule has 2 rings (SSSR count). The Kier molecular flexibility index (Phi) is 3.33. The van der Waals surface area contributed by atoms with Crippen LogP contribution < -0.4 is 5.32 Å². The maximum Gasteiger partial charge on any atom is 0.243 e. The molecular formula is C10H17N3O2. The zero-order chi connectivity index (χ0) is 10.7. The van der Waals surface area contributed by atoms with Crippen LogP contribution in [0.15, 0.2) is 4.52 Å². The van der Waals surface area contributed by atoms with E-state index in [9.17, 15) is 5.11 Å². The van der Waals surface area contributed by atoms with Crippen LogP contribution in [0, 0.1) is 0 Å². The molecule has 15 heavy (non-hydrogen) atoms. The van der Waals surface area contributed by atoms with Crippen molar-refractivity contribution in [2.75, 3.05) is 6.54 Å². The van der Waals surface area contributed by atoms with Gasteiger partial charge in [0.1, 0.15) is 0 Å². The van der Waals surface area contributed by atoms with Gasteiger partial charge in [-0.2, -0.15) is 4.98 Å². The molecule has 0 spiro atoms. The number of hydrogen-bond acceptors (Lipinski definition) is 5. The SMILES string of the molecule is CC(O)Cc1noc(C2CCCCN2)n1. The summed E-state index contributed by atoms with van der Waals surface area (Å²) in [6, 6.07) is 0.203. The highest BCUT2D eigenvalue weighted by Crippen LogP contribution is 2.21. The normalized spacial score (nSPS) is 24.0. The Balaban J connectivity index is 1.99. The molecule has 2 N–H and O–H groups in total. The molecule has 0 aromatic carbocycles. The molecule has 1 fully saturated rings. The molecule has 2 heterocycles. The van der Waals surface area contributed by atoms with E-state index in [0.717, 1.165) is 13.0 Å². The number of nitrogens with zero attached hydrogens (tertiary/aromatic N) is 2. The van der Waals surface area contributed by atoms with Crippen LogP contribution in [0.25, 0.3) is 0 Å². The zero-order valence-electron chi connectivity index (χ0n) is 8.94. The Morgan fingerprint density at radius 2 is 2.47 bits per heavy atom. The molecule has 1 aliphatic heterocycles. The molecular weight excluding hydrogens is 194 g/mol. The van der Waals surface area contributed by atoms with Gasteiger partial charge in [-0.05, 0) is 26.3 Å². The fourth-order valence-electron chi connectivity index (χ4n) is 1.82. The third-order valence-corrected chi connectivity index (χ3v) is 2.57. The predicted molar refractivity (Wildman–Crippen MR) is 54.3 cm³/mol. The summed E-state index contributed by atoms with van der Waals surface area (Å²) in [5.41, 5.74) is 0. The largest absolute Gasteiger partial charge is 0.393 e. The van der Waals surface area contributed by atoms with E-state index in [1.54, 1.807) is 6.92 Å². The number of aliphatic hydroxyl groups is 1. The summed E-state index contributed by atoms with van der Waals surface area (Å²) in [5.74, 6) is 1.25. The van der Waals surface area contributed by atoms with Gasteiger partial charge in [-0.25, -0.2) is 0 Å². The third-order valence-electron chi connectivity index (χ3n) is 2.57. The number of piperidine rings is 1. The quantitative estimate of drug-likeness (QED) is 0.774. The summed E-state index contributed by atoms with van der Waals surface area (Å²) in [5, 5.41) is 16.4. The summed E-state index contributed by atoms with van der Waals surface area (Å²) in [6.07, 6.45) is 3.50. The van der Waals surface area contributed by atoms with Crippen molar-refractivity contribution in [2.24, 2.45) is 0 Å². The molecule has 1 saturated heterocycles. The highest BCUT2D eigenvalue weighted by Gasteiger charge is 2.21. The van der Waals surface area contributed by atoms with Crippen LogP contribution >= 0.6 is 0 Å². The molecule has 0 saturated carbocycles. The molecule has 0 amide bonds. The van der Waals surface area contributed by atoms with Gasteiger partial charge in [-0.1, -0.05) is 11.6 Å². The third kappa shape index (κ3) is 2.76. The van der Waals surface area contributed by atoms with Crippen LogP contribution in [-0.2, 0) is 6.42 Å². The lowest BCUT2D eigenvalue weighted by Crippen LogP contribution is -2.27. The number of aromatic nitrogens is 2. The molecule has 5 nitrogen and oxygen atoms in total. The molecule has 1 aliphatic rings. The maximum absolute atomic E-state index is 9.19. The van der Waals surface area contributed by atoms with Crippen molar-refractivity contribution in [3.8, 4) is 0 Å². The van der Waals surface area contributed by atoms with E-state index >= 15 is 0 Å². The second-order valence-electron chi connectivity index (χ2n) is 4.10. The first kappa shape index (κ1) is 10.6. The van der Waals surface area contributed by atoms with Crippen molar-refractivity contribution in [3.63, 3.8) is 0 Å². The van der Waals surface area contributed by atoms with Gasteiger partial charge in [0.05, 0.1) is 12.1 Å². The van der Waals surface area contributed by atoms with E-state index in [-0.39, 0.29) is 6.04 Å². The van der Waals surface area contributed by atoms with Gasteiger partial charge >= 0.3 is 0 Å². The first-order valence-electron chi connectivity index (χ1n) is 5.49. The van der Waals surface area contributed by atoms with E-state index < -0.39 is 6.10 Å². The molecule has 0 aliphatic carbocycles. The van der Waals surface area contributed by atoms with Crippen molar-refractivity contribution < 1.29 is 9.63 Å². The van der Waals surface area contributed by atoms with Crippen molar-refractivity contribution in [1.82, 2.24) is 15.5 Å². The van der Waals surface area contributed by atoms with E-state index in [0.29, 0.717) is 18.1 Å². The Bertz CT molecular complexity index is 305. The Hall–Kier alpha value is -0.940. The fourth-order valence-corrected chi connectivity index (χ4v) is 1.82. The topological polar surface area (TPSA) is 71.2 Å². The molecule has 84 valence electrons. The van der Waals surface area contributed by atoms with Gasteiger partial charge in [0, 0.05) is 6.42 Å². The lowest BCUT2D eigenvalue weighted by Gasteiger charge is -2.19. The second-order valence-corrected chi connectivity index (χ2v) is 4.10. The van der Waals surface area contributed by atoms with Gasteiger partial charge in [0.25, 0.3) is 0 Å². The van der Waals surface area contributed by atoms with Gasteiger partial charge in [0.2, 0.25) is 5.89 Å². The van der Waals surface area contributed by atoms with Crippen LogP contribution in [0.4, 0.5) is 0 Å². The standard InChI is InChI=1S/C10H17N3O2/c1-7(14)6-9-12-10(15-13-9)8-4-2-3-5-11-8/h7-8,11,14H,2-6H2,1H3. The molecule has 2 unspecified atom stereocenters. The van der Waals surface area contributed by atoms with Crippen LogP contribution in [-0.4, -0.2) is 27.9 Å². The van der Waals surface area contributed by atoms with Crippen LogP contribution in [0.5, 0.6) is 0 Å². The van der Waals surface area contributed by atoms with Gasteiger partial charge in [0.15, 0.2) is 5.82 Å². The van der Waals surface area contributed by atoms with Crippen molar-refractivity contribution in [2.45, 2.75) is 44.8 Å². The van der Waals surface area contributed by atoms with E-state index in [2.05, 4.69) is 15.5 Å². The van der Waals surface area contributed by atoms with Gasteiger partial charge in [-0.3, -0.25) is 0 Å². The van der Waals surface area contributed by atoms with Gasteiger partial charge in [-0.15, -0.1) is 0 Å². The Labute approximate surface area is 88.9 Å². The molecule has 5 heteroatoms. The number of rotatable bonds is 3. The Morgan fingerprint density at radius 3 is 3.13 bits per heavy atom. The number of hydrogen-bond donors (Lipinski definition) is 2. The molecule has 0 radical (unpaired) electrons. The summed E-state index contributed by atoms with van der Waals surface area (Å²) in [6.45, 7) is 2.73. The van der Waals surface area contributed by atoms with Crippen molar-refractivity contribution in [1.29, 1.82) is 0 Å². The van der Waals surface area contributed by atoms with Crippen molar-refractivity contribution in [3.05, 3.63) is 11.7 Å². The highest BCUT2D eigenvalue weighted by molar-refractivity contribution is 4.95. The smallest absolute Gasteiger partial charge is 0.243 e. The predicted octanol–water partition coefficient (Wildman–Crippen LogP) is 0.807. The average molecular weight is 211 g/mol. The lowest BCUT2D eigenvalue weighted by atomic mass is 10.1. The lowest BCUT2D eigenvalue weighted by molar-refractivity contribution is 0.191. The van der Waals surface area contributed by atoms with Gasteiger partial charge < -0.3 is 14.9 Å². The fraction of sp³-hybridized carbons (Fsp3) is 0.800. The molecule has 0 bridgehead atoms. The molecule has 1 aromatic heterocycles. The minimum Gasteiger partial charge on any atom is -0.393 e. The first-order chi connectivity index (χ1) is 7.25. The van der Waals surface area contributed by atoms with Crippen LogP contribution in [0.1, 0.15) is 43.9 Å².